The van der Waals surface area contributed by atoms with E-state index in [0.29, 0.717) is 18.5 Å². The first-order valence-electron chi connectivity index (χ1n) is 8.03. The number of benzene rings is 2. The molecule has 0 saturated heterocycles. The minimum absolute atomic E-state index is 0.00527. The van der Waals surface area contributed by atoms with Gasteiger partial charge < -0.3 is 15.1 Å². The van der Waals surface area contributed by atoms with Crippen LogP contribution in [-0.2, 0) is 11.2 Å². The Balaban J connectivity index is 2.10. The number of phenols is 2. The lowest BCUT2D eigenvalue weighted by molar-refractivity contribution is -0.126. The highest BCUT2D eigenvalue weighted by atomic mass is 16.3. The summed E-state index contributed by atoms with van der Waals surface area (Å²) in [5.74, 6) is -0.141. The molecule has 0 aromatic heterocycles. The van der Waals surface area contributed by atoms with E-state index in [0.717, 1.165) is 28.7 Å². The van der Waals surface area contributed by atoms with Crippen molar-refractivity contribution in [2.24, 2.45) is 0 Å². The van der Waals surface area contributed by atoms with Crippen LogP contribution in [-0.4, -0.2) is 34.6 Å². The van der Waals surface area contributed by atoms with Gasteiger partial charge in [-0.2, -0.15) is 0 Å². The van der Waals surface area contributed by atoms with E-state index in [1.807, 2.05) is 36.4 Å². The molecule has 4 heteroatoms. The van der Waals surface area contributed by atoms with E-state index in [4.69, 9.17) is 0 Å². The van der Waals surface area contributed by atoms with E-state index in [2.05, 4.69) is 6.08 Å². The molecule has 2 N–H and O–H groups in total. The van der Waals surface area contributed by atoms with E-state index in [1.54, 1.807) is 11.9 Å². The number of fused-ring (bicyclic) bond motifs is 1. The quantitative estimate of drug-likeness (QED) is 0.849. The number of aromatic hydroxyl groups is 2. The van der Waals surface area contributed by atoms with Crippen molar-refractivity contribution in [2.45, 2.75) is 19.8 Å². The van der Waals surface area contributed by atoms with E-state index in [-0.39, 0.29) is 17.4 Å². The van der Waals surface area contributed by atoms with E-state index >= 15 is 0 Å². The van der Waals surface area contributed by atoms with Gasteiger partial charge in [0, 0.05) is 31.6 Å². The van der Waals surface area contributed by atoms with Gasteiger partial charge in [0.2, 0.25) is 5.91 Å². The van der Waals surface area contributed by atoms with Crippen LogP contribution in [0, 0.1) is 0 Å². The Kier molecular flexibility index (Phi) is 4.30. The summed E-state index contributed by atoms with van der Waals surface area (Å²) in [5, 5.41) is 20.9. The lowest BCUT2D eigenvalue weighted by Crippen LogP contribution is -2.26. The summed E-state index contributed by atoms with van der Waals surface area (Å²) in [7, 11) is 1.76. The van der Waals surface area contributed by atoms with Gasteiger partial charge in [0.25, 0.3) is 0 Å². The van der Waals surface area contributed by atoms with Crippen LogP contribution in [0.2, 0.25) is 0 Å². The number of hydrogen-bond acceptors (Lipinski definition) is 3. The molecule has 4 nitrogen and oxygen atoms in total. The molecule has 3 rings (SSSR count). The summed E-state index contributed by atoms with van der Waals surface area (Å²) >= 11 is 0. The number of nitrogens with zero attached hydrogens (tertiary/aromatic N) is 1. The molecule has 1 amide bonds. The molecule has 0 spiro atoms. The third-order valence-corrected chi connectivity index (χ3v) is 4.54. The maximum absolute atomic E-state index is 11.5. The molecule has 0 aliphatic heterocycles. The second-order valence-corrected chi connectivity index (χ2v) is 6.16. The summed E-state index contributed by atoms with van der Waals surface area (Å²) < 4.78 is 0. The van der Waals surface area contributed by atoms with Crippen molar-refractivity contribution >= 4 is 11.5 Å². The summed E-state index contributed by atoms with van der Waals surface area (Å²) in [6.07, 6.45) is 3.57. The Morgan fingerprint density at radius 1 is 1.12 bits per heavy atom. The molecule has 124 valence electrons. The van der Waals surface area contributed by atoms with Crippen LogP contribution in [0.5, 0.6) is 11.5 Å². The van der Waals surface area contributed by atoms with Gasteiger partial charge in [0.05, 0.1) is 0 Å². The molecule has 24 heavy (non-hydrogen) atoms. The molecule has 0 radical (unpaired) electrons. The molecule has 1 aliphatic rings. The van der Waals surface area contributed by atoms with E-state index in [1.165, 1.54) is 6.92 Å². The second kappa shape index (κ2) is 6.40. The molecule has 0 heterocycles. The average Bonchev–Trinajstić information content (AvgIpc) is 2.59. The molecule has 1 aliphatic carbocycles. The van der Waals surface area contributed by atoms with Gasteiger partial charge in [-0.05, 0) is 35.6 Å². The number of amides is 1. The molecule has 0 saturated carbocycles. The van der Waals surface area contributed by atoms with Crippen molar-refractivity contribution in [1.29, 1.82) is 0 Å². The number of hydrogen-bond donors (Lipinski definition) is 2. The van der Waals surface area contributed by atoms with Gasteiger partial charge in [0.15, 0.2) is 11.5 Å². The van der Waals surface area contributed by atoms with Gasteiger partial charge in [-0.3, -0.25) is 4.79 Å². The molecule has 0 unspecified atom stereocenters. The van der Waals surface area contributed by atoms with Crippen LogP contribution in [0.1, 0.15) is 24.5 Å². The third kappa shape index (κ3) is 2.87. The largest absolute Gasteiger partial charge is 0.504 e. The molecule has 2 aromatic rings. The first-order valence-corrected chi connectivity index (χ1v) is 8.03. The van der Waals surface area contributed by atoms with Crippen LogP contribution in [0.25, 0.3) is 16.7 Å². The maximum atomic E-state index is 11.5. The van der Waals surface area contributed by atoms with E-state index in [9.17, 15) is 15.0 Å². The minimum Gasteiger partial charge on any atom is -0.504 e. The highest BCUT2D eigenvalue weighted by Gasteiger charge is 2.23. The summed E-state index contributed by atoms with van der Waals surface area (Å²) in [6, 6.07) is 11.4. The SMILES string of the molecule is CC(=O)N(C)CC1=CCCc2c1cc(-c1ccccc1)c(O)c2O. The van der Waals surface area contributed by atoms with Crippen molar-refractivity contribution < 1.29 is 15.0 Å². The molecule has 2 aromatic carbocycles. The smallest absolute Gasteiger partial charge is 0.219 e. The van der Waals surface area contributed by atoms with Crippen LogP contribution in [0.15, 0.2) is 42.5 Å². The van der Waals surface area contributed by atoms with Gasteiger partial charge in [0.1, 0.15) is 0 Å². The zero-order valence-electron chi connectivity index (χ0n) is 13.9. The van der Waals surface area contributed by atoms with Crippen molar-refractivity contribution in [3.8, 4) is 22.6 Å². The number of carbonyl (C=O) groups is 1. The van der Waals surface area contributed by atoms with Gasteiger partial charge in [-0.1, -0.05) is 36.4 Å². The highest BCUT2D eigenvalue weighted by molar-refractivity contribution is 5.85. The molecular formula is C20H21NO3. The van der Waals surface area contributed by atoms with Crippen LogP contribution in [0.3, 0.4) is 0 Å². The summed E-state index contributed by atoms with van der Waals surface area (Å²) in [4.78, 5) is 13.2. The lowest BCUT2D eigenvalue weighted by atomic mass is 9.86. The first-order chi connectivity index (χ1) is 11.5. The second-order valence-electron chi connectivity index (χ2n) is 6.16. The predicted octanol–water partition coefficient (Wildman–Crippen LogP) is 3.57. The minimum atomic E-state index is -0.0823. The first kappa shape index (κ1) is 16.1. The zero-order chi connectivity index (χ0) is 17.3. The monoisotopic (exact) mass is 323 g/mol. The fraction of sp³-hybridized carbons (Fsp3) is 0.250. The van der Waals surface area contributed by atoms with Crippen molar-refractivity contribution in [3.05, 3.63) is 53.6 Å². The third-order valence-electron chi connectivity index (χ3n) is 4.54. The molecule has 0 fully saturated rings. The van der Waals surface area contributed by atoms with Crippen LogP contribution >= 0.6 is 0 Å². The number of allylic oxidation sites excluding steroid dienone is 1. The Hall–Kier alpha value is -2.75. The summed E-state index contributed by atoms with van der Waals surface area (Å²) in [5.41, 5.74) is 4.11. The Labute approximate surface area is 141 Å². The fourth-order valence-corrected chi connectivity index (χ4v) is 3.09. The average molecular weight is 323 g/mol. The fourth-order valence-electron chi connectivity index (χ4n) is 3.09. The number of rotatable bonds is 3. The number of carbonyl (C=O) groups excluding carboxylic acids is 1. The highest BCUT2D eigenvalue weighted by Crippen LogP contribution is 2.44. The number of phenolic OH excluding ortho intramolecular Hbond substituents is 2. The van der Waals surface area contributed by atoms with Crippen molar-refractivity contribution in [1.82, 2.24) is 4.90 Å². The van der Waals surface area contributed by atoms with Gasteiger partial charge in [-0.15, -0.1) is 0 Å². The van der Waals surface area contributed by atoms with Crippen molar-refractivity contribution in [3.63, 3.8) is 0 Å². The van der Waals surface area contributed by atoms with Crippen LogP contribution in [0.4, 0.5) is 0 Å². The molecule has 0 atom stereocenters. The molecular weight excluding hydrogens is 302 g/mol. The Morgan fingerprint density at radius 2 is 1.83 bits per heavy atom. The van der Waals surface area contributed by atoms with E-state index < -0.39 is 0 Å². The Morgan fingerprint density at radius 3 is 2.50 bits per heavy atom. The van der Waals surface area contributed by atoms with Gasteiger partial charge >= 0.3 is 0 Å². The summed E-state index contributed by atoms with van der Waals surface area (Å²) in [6.45, 7) is 2.02. The lowest BCUT2D eigenvalue weighted by Gasteiger charge is -2.24. The van der Waals surface area contributed by atoms with Gasteiger partial charge in [-0.25, -0.2) is 0 Å². The Bertz CT molecular complexity index is 809. The normalized spacial score (nSPS) is 13.2. The topological polar surface area (TPSA) is 60.8 Å². The molecule has 0 bridgehead atoms. The van der Waals surface area contributed by atoms with Crippen molar-refractivity contribution in [2.75, 3.05) is 13.6 Å². The predicted molar refractivity (Wildman–Crippen MR) is 94.8 cm³/mol. The number of likely N-dealkylation sites (N-methyl/N-ethyl adjacent to an activating group) is 1. The standard InChI is InChI=1S/C20H21NO3/c1-13(22)21(2)12-15-9-6-10-16-17(15)11-18(20(24)19(16)23)14-7-4-3-5-8-14/h3-5,7-9,11,23-24H,6,10,12H2,1-2H3. The zero-order valence-corrected chi connectivity index (χ0v) is 13.9. The maximum Gasteiger partial charge on any atom is 0.219 e. The van der Waals surface area contributed by atoms with Crippen LogP contribution < -0.4 is 0 Å².